The highest BCUT2D eigenvalue weighted by molar-refractivity contribution is 9.11. The van der Waals surface area contributed by atoms with Gasteiger partial charge in [-0.15, -0.1) is 0 Å². The third-order valence-corrected chi connectivity index (χ3v) is 1.80. The van der Waals surface area contributed by atoms with Crippen molar-refractivity contribution in [1.29, 1.82) is 0 Å². The fourth-order valence-corrected chi connectivity index (χ4v) is 0.440. The van der Waals surface area contributed by atoms with E-state index in [0.29, 0.717) is 10.2 Å². The highest BCUT2D eigenvalue weighted by Crippen LogP contribution is 2.13. The molecule has 0 saturated carbocycles. The molecule has 0 spiro atoms. The van der Waals surface area contributed by atoms with E-state index in [1.807, 2.05) is 0 Å². The molecule has 0 rings (SSSR count). The van der Waals surface area contributed by atoms with Gasteiger partial charge >= 0.3 is 6.16 Å². The van der Waals surface area contributed by atoms with Crippen LogP contribution in [-0.4, -0.2) is 13.3 Å². The summed E-state index contributed by atoms with van der Waals surface area (Å²) in [6, 6.07) is 0. The van der Waals surface area contributed by atoms with E-state index in [9.17, 15) is 4.79 Å². The highest BCUT2D eigenvalue weighted by atomic mass is 79.9. The van der Waals surface area contributed by atoms with Crippen LogP contribution < -0.4 is 0 Å². The van der Waals surface area contributed by atoms with Gasteiger partial charge in [0.2, 0.25) is 0 Å². The molecule has 0 amide bonds. The van der Waals surface area contributed by atoms with Crippen molar-refractivity contribution in [2.45, 2.75) is 6.92 Å². The first-order valence-electron chi connectivity index (χ1n) is 2.86. The number of hydrogen-bond donors (Lipinski definition) is 0. The van der Waals surface area contributed by atoms with Crippen molar-refractivity contribution < 1.29 is 14.3 Å². The fraction of sp³-hybridized carbons (Fsp3) is 0.286. The van der Waals surface area contributed by atoms with Gasteiger partial charge in [-0.25, -0.2) is 4.79 Å². The largest absolute Gasteiger partial charge is 0.513 e. The van der Waals surface area contributed by atoms with Gasteiger partial charge in [0, 0.05) is 0 Å². The van der Waals surface area contributed by atoms with Gasteiger partial charge in [0.25, 0.3) is 0 Å². The van der Waals surface area contributed by atoms with E-state index in [0.717, 1.165) is 0 Å². The second-order valence-electron chi connectivity index (χ2n) is 1.66. The average molecular weight is 221 g/mol. The zero-order valence-corrected chi connectivity index (χ0v) is 7.97. The molecule has 0 aromatic heterocycles. The van der Waals surface area contributed by atoms with Crippen LogP contribution in [0.2, 0.25) is 0 Å². The molecule has 0 heterocycles. The monoisotopic (exact) mass is 220 g/mol. The lowest BCUT2D eigenvalue weighted by molar-refractivity contribution is 0.0974. The van der Waals surface area contributed by atoms with Crippen LogP contribution in [-0.2, 0) is 9.47 Å². The summed E-state index contributed by atoms with van der Waals surface area (Å²) >= 11 is 3.13. The zero-order chi connectivity index (χ0) is 8.85. The quantitative estimate of drug-likeness (QED) is 0.408. The van der Waals surface area contributed by atoms with Gasteiger partial charge in [-0.3, -0.25) is 0 Å². The van der Waals surface area contributed by atoms with E-state index in [1.54, 1.807) is 6.92 Å². The topological polar surface area (TPSA) is 35.5 Å². The molecule has 0 fully saturated rings. The Bertz CT molecular complexity index is 196. The van der Waals surface area contributed by atoms with E-state index >= 15 is 0 Å². The minimum absolute atomic E-state index is 0.423. The second-order valence-corrected chi connectivity index (χ2v) is 2.52. The number of hydrogen-bond acceptors (Lipinski definition) is 3. The lowest BCUT2D eigenvalue weighted by atomic mass is 10.5. The van der Waals surface area contributed by atoms with Crippen LogP contribution in [0.5, 0.6) is 0 Å². The third kappa shape index (κ3) is 3.83. The molecule has 0 aromatic rings. The standard InChI is InChI=1S/C7H9BrO3/c1-4-6(8)5(2)11-7(9)10-3/h4H,1H2,2-3H3/b6-5-. The molecular formula is C7H9BrO3. The van der Waals surface area contributed by atoms with Crippen LogP contribution in [0.4, 0.5) is 4.79 Å². The van der Waals surface area contributed by atoms with Gasteiger partial charge in [0.05, 0.1) is 11.6 Å². The summed E-state index contributed by atoms with van der Waals surface area (Å²) in [7, 11) is 1.25. The Hall–Kier alpha value is -0.770. The van der Waals surface area contributed by atoms with Crippen molar-refractivity contribution >= 4 is 22.1 Å². The first-order chi connectivity index (χ1) is 5.11. The first kappa shape index (κ1) is 10.2. The Morgan fingerprint density at radius 3 is 2.55 bits per heavy atom. The van der Waals surface area contributed by atoms with Crippen molar-refractivity contribution in [2.24, 2.45) is 0 Å². The Morgan fingerprint density at radius 2 is 2.18 bits per heavy atom. The molecular weight excluding hydrogens is 212 g/mol. The Balaban J connectivity index is 4.16. The molecule has 0 aromatic carbocycles. The van der Waals surface area contributed by atoms with E-state index in [2.05, 4.69) is 32.0 Å². The zero-order valence-electron chi connectivity index (χ0n) is 6.39. The summed E-state index contributed by atoms with van der Waals surface area (Å²) in [5, 5.41) is 0. The maximum absolute atomic E-state index is 10.5. The van der Waals surface area contributed by atoms with Crippen molar-refractivity contribution in [3.63, 3.8) is 0 Å². The van der Waals surface area contributed by atoms with Crippen molar-refractivity contribution in [3.05, 3.63) is 22.9 Å². The van der Waals surface area contributed by atoms with E-state index in [-0.39, 0.29) is 0 Å². The van der Waals surface area contributed by atoms with Crippen LogP contribution >= 0.6 is 15.9 Å². The minimum atomic E-state index is -0.735. The average Bonchev–Trinajstić information content (AvgIpc) is 2.02. The Kier molecular flexibility index (Phi) is 4.61. The number of halogens is 1. The molecule has 11 heavy (non-hydrogen) atoms. The number of rotatable bonds is 2. The third-order valence-electron chi connectivity index (χ3n) is 0.919. The molecule has 0 aliphatic rings. The van der Waals surface area contributed by atoms with Crippen LogP contribution in [0.15, 0.2) is 22.9 Å². The number of allylic oxidation sites excluding steroid dienone is 3. The molecule has 0 atom stereocenters. The molecule has 0 aliphatic heterocycles. The maximum Gasteiger partial charge on any atom is 0.513 e. The predicted octanol–water partition coefficient (Wildman–Crippen LogP) is 2.58. The van der Waals surface area contributed by atoms with Crippen molar-refractivity contribution in [3.8, 4) is 0 Å². The maximum atomic E-state index is 10.5. The van der Waals surface area contributed by atoms with Gasteiger partial charge < -0.3 is 9.47 Å². The summed E-state index contributed by atoms with van der Waals surface area (Å²) in [6.45, 7) is 5.11. The number of carbonyl (C=O) groups excluding carboxylic acids is 1. The summed E-state index contributed by atoms with van der Waals surface area (Å²) in [4.78, 5) is 10.5. The first-order valence-corrected chi connectivity index (χ1v) is 3.65. The van der Waals surface area contributed by atoms with Gasteiger partial charge in [0.15, 0.2) is 0 Å². The number of methoxy groups -OCH3 is 1. The SMILES string of the molecule is C=C/C(Br)=C(\C)OC(=O)OC. The van der Waals surface area contributed by atoms with Crippen molar-refractivity contribution in [1.82, 2.24) is 0 Å². The molecule has 0 radical (unpaired) electrons. The molecule has 0 saturated heterocycles. The summed E-state index contributed by atoms with van der Waals surface area (Å²) in [5.74, 6) is 0.423. The normalized spacial score (nSPS) is 11.5. The number of carbonyl (C=O) groups is 1. The predicted molar refractivity (Wildman–Crippen MR) is 45.3 cm³/mol. The second kappa shape index (κ2) is 4.96. The molecule has 62 valence electrons. The molecule has 0 N–H and O–H groups in total. The van der Waals surface area contributed by atoms with Crippen LogP contribution in [0.25, 0.3) is 0 Å². The Labute approximate surface area is 73.8 Å². The lowest BCUT2D eigenvalue weighted by Crippen LogP contribution is -2.02. The van der Waals surface area contributed by atoms with Gasteiger partial charge in [0.1, 0.15) is 5.76 Å². The van der Waals surface area contributed by atoms with Gasteiger partial charge in [-0.1, -0.05) is 12.7 Å². The Morgan fingerprint density at radius 1 is 1.64 bits per heavy atom. The van der Waals surface area contributed by atoms with Crippen LogP contribution in [0.3, 0.4) is 0 Å². The minimum Gasteiger partial charge on any atom is -0.437 e. The molecule has 0 bridgehead atoms. The molecule has 4 heteroatoms. The van der Waals surface area contributed by atoms with E-state index in [4.69, 9.17) is 0 Å². The van der Waals surface area contributed by atoms with Gasteiger partial charge in [-0.2, -0.15) is 0 Å². The summed E-state index contributed by atoms with van der Waals surface area (Å²) < 4.78 is 9.55. The fourth-order valence-electron chi connectivity index (χ4n) is 0.359. The molecule has 0 unspecified atom stereocenters. The highest BCUT2D eigenvalue weighted by Gasteiger charge is 2.03. The van der Waals surface area contributed by atoms with E-state index < -0.39 is 6.16 Å². The van der Waals surface area contributed by atoms with E-state index in [1.165, 1.54) is 13.2 Å². The summed E-state index contributed by atoms with van der Waals surface area (Å²) in [6.07, 6.45) is 0.791. The smallest absolute Gasteiger partial charge is 0.437 e. The van der Waals surface area contributed by atoms with Gasteiger partial charge in [-0.05, 0) is 22.9 Å². The lowest BCUT2D eigenvalue weighted by Gasteiger charge is -2.02. The molecule has 0 aliphatic carbocycles. The van der Waals surface area contributed by atoms with Crippen LogP contribution in [0, 0.1) is 0 Å². The van der Waals surface area contributed by atoms with Crippen LogP contribution in [0.1, 0.15) is 6.92 Å². The van der Waals surface area contributed by atoms with Crippen molar-refractivity contribution in [2.75, 3.05) is 7.11 Å². The summed E-state index contributed by atoms with van der Waals surface area (Å²) in [5.41, 5.74) is 0. The molecule has 3 nitrogen and oxygen atoms in total. The number of ether oxygens (including phenoxy) is 2.